The van der Waals surface area contributed by atoms with Crippen LogP contribution < -0.4 is 31.1 Å². The third-order valence-corrected chi connectivity index (χ3v) is 27.8. The molecule has 2 aromatic heterocycles. The number of rotatable bonds is 26. The molecule has 0 radical (unpaired) electrons. The van der Waals surface area contributed by atoms with Gasteiger partial charge in [-0.3, -0.25) is 14.1 Å². The molecule has 0 saturated carbocycles. The smallest absolute Gasteiger partial charge is 0.383 e. The van der Waals surface area contributed by atoms with E-state index in [4.69, 9.17) is 34.3 Å². The van der Waals surface area contributed by atoms with Crippen LogP contribution in [0, 0.1) is 11.8 Å². The van der Waals surface area contributed by atoms with E-state index in [0.29, 0.717) is 47.6 Å². The average molecular weight is 1460 g/mol. The van der Waals surface area contributed by atoms with Crippen molar-refractivity contribution in [3.8, 4) is 11.8 Å². The van der Waals surface area contributed by atoms with Crippen molar-refractivity contribution in [3.05, 3.63) is 116 Å². The Kier molecular flexibility index (Phi) is 23.1. The molecule has 1 aliphatic carbocycles. The molecule has 6 atom stereocenters. The molecule has 4 aliphatic heterocycles. The molecular formula is C66H90N8O15P3S4+. The van der Waals surface area contributed by atoms with E-state index in [1.807, 2.05) is 53.8 Å². The van der Waals surface area contributed by atoms with E-state index in [1.165, 1.54) is 77.6 Å². The van der Waals surface area contributed by atoms with Gasteiger partial charge in [0.15, 0.2) is 0 Å². The Morgan fingerprint density at radius 2 is 1.68 bits per heavy atom. The summed E-state index contributed by atoms with van der Waals surface area (Å²) in [6.07, 6.45) is 6.52. The van der Waals surface area contributed by atoms with E-state index < -0.39 is 48.5 Å². The zero-order valence-corrected chi connectivity index (χ0v) is 62.5. The third kappa shape index (κ3) is 17.2. The molecule has 1 saturated heterocycles. The van der Waals surface area contributed by atoms with Crippen molar-refractivity contribution in [1.29, 1.82) is 0 Å². The highest BCUT2D eigenvalue weighted by Gasteiger charge is 2.46. The van der Waals surface area contributed by atoms with Crippen molar-refractivity contribution >= 4 is 107 Å². The minimum absolute atomic E-state index is 0.00806. The summed E-state index contributed by atoms with van der Waals surface area (Å²) in [6, 6.07) is 15.6. The second kappa shape index (κ2) is 29.7. The van der Waals surface area contributed by atoms with Gasteiger partial charge in [-0.1, -0.05) is 115 Å². The van der Waals surface area contributed by atoms with Crippen LogP contribution in [0.3, 0.4) is 0 Å². The maximum Gasteiger partial charge on any atom is 0.490 e. The molecule has 2 amide bonds. The number of aromatic nitrogens is 3. The fraction of sp³-hybridized carbons (Fsp3) is 0.561. The number of anilines is 2. The highest BCUT2D eigenvalue weighted by atomic mass is 33.1. The molecular weight excluding hydrogens is 1370 g/mol. The van der Waals surface area contributed by atoms with Gasteiger partial charge in [0.25, 0.3) is 5.91 Å². The van der Waals surface area contributed by atoms with E-state index in [0.717, 1.165) is 62.9 Å². The fourth-order valence-electron chi connectivity index (χ4n) is 14.1. The average Bonchev–Trinajstić information content (AvgIpc) is 0.842. The summed E-state index contributed by atoms with van der Waals surface area (Å²) in [4.78, 5) is 79.2. The molecule has 1 fully saturated rings. The second-order valence-corrected chi connectivity index (χ2v) is 38.2. The Bertz CT molecular complexity index is 4150. The lowest BCUT2D eigenvalue weighted by molar-refractivity contribution is -0.121. The van der Waals surface area contributed by atoms with Gasteiger partial charge in [-0.25, -0.2) is 28.2 Å². The minimum Gasteiger partial charge on any atom is -0.383 e. The van der Waals surface area contributed by atoms with Crippen LogP contribution in [0.15, 0.2) is 55.0 Å². The first-order valence-corrected chi connectivity index (χ1v) is 41.5. The molecule has 0 spiro atoms. The molecule has 96 heavy (non-hydrogen) atoms. The molecule has 0 bridgehead atoms. The quantitative estimate of drug-likeness (QED) is 0.00749. The van der Waals surface area contributed by atoms with Crippen LogP contribution in [0.4, 0.5) is 11.5 Å². The highest BCUT2D eigenvalue weighted by Crippen LogP contribution is 2.66. The van der Waals surface area contributed by atoms with Crippen molar-refractivity contribution < 1.29 is 70.2 Å². The number of nitrogens with two attached hydrogens (primary N) is 1. The summed E-state index contributed by atoms with van der Waals surface area (Å²) < 4.78 is 70.8. The number of ether oxygens (including phenoxy) is 3. The molecule has 6 heterocycles. The number of nitrogen functional groups attached to an aromatic ring is 1. The van der Waals surface area contributed by atoms with Gasteiger partial charge in [0.2, 0.25) is 11.3 Å². The van der Waals surface area contributed by atoms with Crippen molar-refractivity contribution in [2.75, 3.05) is 75.5 Å². The van der Waals surface area contributed by atoms with Crippen LogP contribution in [0.1, 0.15) is 182 Å². The number of nitrogens with zero attached hydrogens (tertiary/aromatic N) is 6. The Morgan fingerprint density at radius 3 is 2.41 bits per heavy atom. The summed E-state index contributed by atoms with van der Waals surface area (Å²) >= 11 is 0. The summed E-state index contributed by atoms with van der Waals surface area (Å²) in [5.74, 6) is 6.90. The first-order valence-electron chi connectivity index (χ1n) is 32.3. The maximum absolute atomic E-state index is 15.0. The SMILES string of the molecule is CCN1c2cc3c(cc2C(C)CC1(C)C)C(c1ccccc1C(=O)N(C)CCCC(=O)NCC(C)(C)SSCOCC#Cc1cn([C@H]2CC(OCSSC(C)(C)C)[C@@H](COP(=O)(O)OP(=O)(O)OP(=O)(O)O)O2)c2ncnc(N)c12)=c1cc2c4c(c1C3(C)C)CCC[N+]=4CCC2. The van der Waals surface area contributed by atoms with Crippen LogP contribution in [0.25, 0.3) is 16.6 Å². The Labute approximate surface area is 577 Å². The third-order valence-electron chi connectivity index (χ3n) is 18.0. The van der Waals surface area contributed by atoms with Gasteiger partial charge in [0.1, 0.15) is 61.7 Å². The minimum atomic E-state index is -5.76. The van der Waals surface area contributed by atoms with Crippen LogP contribution in [-0.4, -0.2) is 143 Å². The molecule has 30 heteroatoms. The predicted molar refractivity (Wildman–Crippen MR) is 381 cm³/mol. The van der Waals surface area contributed by atoms with Crippen molar-refractivity contribution in [1.82, 2.24) is 29.3 Å². The van der Waals surface area contributed by atoms with Gasteiger partial charge in [0, 0.05) is 101 Å². The molecule has 5 aliphatic rings. The van der Waals surface area contributed by atoms with Gasteiger partial charge >= 0.3 is 23.5 Å². The maximum atomic E-state index is 15.0. The van der Waals surface area contributed by atoms with Gasteiger partial charge < -0.3 is 59.2 Å². The number of nitrogens with one attached hydrogen (secondary N) is 1. The summed E-state index contributed by atoms with van der Waals surface area (Å²) in [5, 5.41) is 6.25. The second-order valence-electron chi connectivity index (χ2n) is 27.8. The summed E-state index contributed by atoms with van der Waals surface area (Å²) in [5.41, 5.74) is 19.1. The lowest BCUT2D eigenvalue weighted by atomic mass is 9.64. The lowest BCUT2D eigenvalue weighted by Crippen LogP contribution is -2.50. The number of carbonyl (C=O) groups excluding carboxylic acids is 2. The highest BCUT2D eigenvalue weighted by molar-refractivity contribution is 8.77. The van der Waals surface area contributed by atoms with Crippen molar-refractivity contribution in [3.63, 3.8) is 0 Å². The van der Waals surface area contributed by atoms with E-state index >= 15 is 0 Å². The molecule has 3 aromatic carbocycles. The normalized spacial score (nSPS) is 20.9. The molecule has 5 aromatic rings. The molecule has 23 nitrogen and oxygen atoms in total. The number of phosphoric ester groups is 1. The van der Waals surface area contributed by atoms with E-state index in [1.54, 1.807) is 37.3 Å². The first kappa shape index (κ1) is 74.4. The number of benzene rings is 3. The van der Waals surface area contributed by atoms with Crippen LogP contribution >= 0.6 is 66.6 Å². The Balaban J connectivity index is 0.743. The number of phosphoric acid groups is 3. The van der Waals surface area contributed by atoms with Crippen LogP contribution in [-0.2, 0) is 64.1 Å². The lowest BCUT2D eigenvalue weighted by Gasteiger charge is -2.48. The van der Waals surface area contributed by atoms with Crippen LogP contribution in [0.2, 0.25) is 0 Å². The molecule has 7 N–H and O–H groups in total. The monoisotopic (exact) mass is 1460 g/mol. The molecule has 10 rings (SSSR count). The summed E-state index contributed by atoms with van der Waals surface area (Å²) in [7, 11) is -8.96. The van der Waals surface area contributed by atoms with Gasteiger partial charge in [0.05, 0.1) is 23.7 Å². The molecule has 4 unspecified atom stereocenters. The number of carbonyl (C=O) groups is 2. The number of hydrogen-bond acceptors (Lipinski definition) is 19. The van der Waals surface area contributed by atoms with Gasteiger partial charge in [-0.15, -0.1) is 0 Å². The van der Waals surface area contributed by atoms with E-state index in [9.17, 15) is 33.1 Å². The number of aryl methyl sites for hydroxylation is 1. The predicted octanol–water partition coefficient (Wildman–Crippen LogP) is 10.7. The first-order chi connectivity index (χ1) is 45.1. The standard InChI is InChI=1S/C66H89N8O15P3S4/c1-13-74-51-32-50-48(31-47(51)41(2)34-64(74,6)7)57(49-30-42-20-16-27-72-28-17-24-46(59(42)72)58(49)66(50,10)11)44-22-14-15-23-45(44)62(76)71(12)26-18-25-54(75)68-37-65(8,9)96-93-39-84-29-19-21-43-35-73(61-56(43)60(67)69-38-70-61)55-33-52(85-40-94-95-63(3,4)5)53(87-55)36-86-91(80,81)89-92(82,83)88-90(77,78)79/h14-15,22-23,30-32,35,38,41,52-53,55H,13,16-18,20,24-29,33-34,36-37,39-40H2,1-12H3,(H6-,67,68,69,70,75,77,78,79,80,81,82,83)/p+1/t41?,52?,53-,55-/m1/s1. The zero-order chi connectivity index (χ0) is 69.5. The van der Waals surface area contributed by atoms with Gasteiger partial charge in [-0.2, -0.15) is 8.62 Å². The topological polar surface area (TPSA) is 300 Å². The largest absolute Gasteiger partial charge is 0.490 e. The zero-order valence-electron chi connectivity index (χ0n) is 56.5. The van der Waals surface area contributed by atoms with E-state index in [2.05, 4.69) is 117 Å². The Morgan fingerprint density at radius 1 is 0.948 bits per heavy atom. The van der Waals surface area contributed by atoms with Crippen molar-refractivity contribution in [2.24, 2.45) is 0 Å². The fourth-order valence-corrected chi connectivity index (χ4v) is 21.3. The molecule has 522 valence electrons. The van der Waals surface area contributed by atoms with Gasteiger partial charge in [-0.05, 0) is 129 Å². The number of amides is 2. The van der Waals surface area contributed by atoms with E-state index in [-0.39, 0.29) is 69.4 Å². The number of hydrogen-bond donors (Lipinski definition) is 6. The van der Waals surface area contributed by atoms with Crippen molar-refractivity contribution in [2.45, 2.75) is 172 Å². The summed E-state index contributed by atoms with van der Waals surface area (Å²) in [6.45, 7) is 27.6. The number of fused-ring (bicyclic) bond motifs is 5. The van der Waals surface area contributed by atoms with Crippen LogP contribution in [0.5, 0.6) is 0 Å². The Hall–Kier alpha value is -4.26.